The number of aromatic nitrogens is 2. The summed E-state index contributed by atoms with van der Waals surface area (Å²) in [6.07, 6.45) is 7.07. The standard InChI is InChI=1S/C24H32N6O3/c1-2-33-23(31)20-6-7-21(26-18-20)29-12-14-30(15-13-29)24(32)27-17-19-8-9-25-22(16-19)28-10-4-3-5-11-28/h6-9,16,18H,2-5,10-15,17H2,1H3,(H,27,32). The minimum Gasteiger partial charge on any atom is -0.462 e. The highest BCUT2D eigenvalue weighted by atomic mass is 16.5. The van der Waals surface area contributed by atoms with Gasteiger partial charge in [-0.1, -0.05) is 0 Å². The molecule has 0 aliphatic carbocycles. The maximum Gasteiger partial charge on any atom is 0.339 e. The molecule has 0 spiro atoms. The Labute approximate surface area is 194 Å². The van der Waals surface area contributed by atoms with Gasteiger partial charge in [0.2, 0.25) is 0 Å². The third-order valence-corrected chi connectivity index (χ3v) is 6.08. The van der Waals surface area contributed by atoms with E-state index in [4.69, 9.17) is 4.74 Å². The van der Waals surface area contributed by atoms with Crippen molar-refractivity contribution >= 4 is 23.6 Å². The Morgan fingerprint density at radius 3 is 2.39 bits per heavy atom. The first kappa shape index (κ1) is 22.8. The molecule has 0 unspecified atom stereocenters. The highest BCUT2D eigenvalue weighted by Gasteiger charge is 2.22. The summed E-state index contributed by atoms with van der Waals surface area (Å²) in [7, 11) is 0. The summed E-state index contributed by atoms with van der Waals surface area (Å²) in [6.45, 7) is 7.30. The molecule has 2 aromatic rings. The summed E-state index contributed by atoms with van der Waals surface area (Å²) in [4.78, 5) is 39.6. The van der Waals surface area contributed by atoms with Gasteiger partial charge in [-0.15, -0.1) is 0 Å². The van der Waals surface area contributed by atoms with Crippen molar-refractivity contribution in [1.29, 1.82) is 0 Å². The summed E-state index contributed by atoms with van der Waals surface area (Å²) < 4.78 is 5.00. The molecule has 2 aromatic heterocycles. The van der Waals surface area contributed by atoms with Gasteiger partial charge in [0.05, 0.1) is 12.2 Å². The summed E-state index contributed by atoms with van der Waals surface area (Å²) in [5, 5.41) is 3.04. The zero-order chi connectivity index (χ0) is 23.0. The van der Waals surface area contributed by atoms with E-state index < -0.39 is 0 Å². The molecular formula is C24H32N6O3. The van der Waals surface area contributed by atoms with E-state index in [0.29, 0.717) is 44.9 Å². The van der Waals surface area contributed by atoms with Gasteiger partial charge >= 0.3 is 12.0 Å². The van der Waals surface area contributed by atoms with Gasteiger partial charge in [0.25, 0.3) is 0 Å². The number of nitrogens with one attached hydrogen (secondary N) is 1. The SMILES string of the molecule is CCOC(=O)c1ccc(N2CCN(C(=O)NCc3ccnc(N4CCCCC4)c3)CC2)nc1. The fourth-order valence-electron chi connectivity index (χ4n) is 4.20. The van der Waals surface area contributed by atoms with Crippen LogP contribution in [0.3, 0.4) is 0 Å². The van der Waals surface area contributed by atoms with Crippen molar-refractivity contribution < 1.29 is 14.3 Å². The van der Waals surface area contributed by atoms with Crippen LogP contribution < -0.4 is 15.1 Å². The van der Waals surface area contributed by atoms with E-state index in [1.807, 2.05) is 23.2 Å². The molecule has 9 heteroatoms. The monoisotopic (exact) mass is 452 g/mol. The molecule has 2 fully saturated rings. The lowest BCUT2D eigenvalue weighted by Gasteiger charge is -2.35. The second kappa shape index (κ2) is 11.0. The van der Waals surface area contributed by atoms with Gasteiger partial charge in [-0.3, -0.25) is 0 Å². The third kappa shape index (κ3) is 5.91. The van der Waals surface area contributed by atoms with Crippen LogP contribution in [0.25, 0.3) is 0 Å². The topological polar surface area (TPSA) is 90.9 Å². The van der Waals surface area contributed by atoms with E-state index in [1.54, 1.807) is 19.2 Å². The Balaban J connectivity index is 1.25. The van der Waals surface area contributed by atoms with E-state index in [0.717, 1.165) is 30.3 Å². The molecule has 0 bridgehead atoms. The number of esters is 1. The fraction of sp³-hybridized carbons (Fsp3) is 0.500. The second-order valence-corrected chi connectivity index (χ2v) is 8.33. The number of nitrogens with zero attached hydrogens (tertiary/aromatic N) is 5. The second-order valence-electron chi connectivity index (χ2n) is 8.33. The third-order valence-electron chi connectivity index (χ3n) is 6.08. The largest absolute Gasteiger partial charge is 0.462 e. The average Bonchev–Trinajstić information content (AvgIpc) is 2.88. The van der Waals surface area contributed by atoms with Gasteiger partial charge in [-0.25, -0.2) is 19.6 Å². The van der Waals surface area contributed by atoms with Crippen molar-refractivity contribution in [2.24, 2.45) is 0 Å². The highest BCUT2D eigenvalue weighted by molar-refractivity contribution is 5.89. The van der Waals surface area contributed by atoms with E-state index in [1.165, 1.54) is 19.3 Å². The van der Waals surface area contributed by atoms with Crippen LogP contribution in [-0.4, -0.2) is 72.7 Å². The number of piperidine rings is 1. The van der Waals surface area contributed by atoms with Gasteiger partial charge in [0, 0.05) is 58.2 Å². The van der Waals surface area contributed by atoms with Gasteiger partial charge in [-0.2, -0.15) is 0 Å². The number of ether oxygens (including phenoxy) is 1. The van der Waals surface area contributed by atoms with Crippen LogP contribution in [-0.2, 0) is 11.3 Å². The molecule has 33 heavy (non-hydrogen) atoms. The molecule has 4 rings (SSSR count). The zero-order valence-electron chi connectivity index (χ0n) is 19.2. The first-order valence-corrected chi connectivity index (χ1v) is 11.7. The number of amides is 2. The van der Waals surface area contributed by atoms with Crippen LogP contribution in [0.1, 0.15) is 42.1 Å². The highest BCUT2D eigenvalue weighted by Crippen LogP contribution is 2.19. The molecule has 176 valence electrons. The van der Waals surface area contributed by atoms with E-state index >= 15 is 0 Å². The Bertz CT molecular complexity index is 937. The maximum absolute atomic E-state index is 12.7. The predicted molar refractivity (Wildman–Crippen MR) is 127 cm³/mol. The molecule has 2 amide bonds. The normalized spacial score (nSPS) is 16.5. The molecular weight excluding hydrogens is 420 g/mol. The maximum atomic E-state index is 12.7. The molecule has 0 saturated carbocycles. The van der Waals surface area contributed by atoms with E-state index in [2.05, 4.69) is 31.2 Å². The van der Waals surface area contributed by atoms with E-state index in [-0.39, 0.29) is 12.0 Å². The zero-order valence-corrected chi connectivity index (χ0v) is 19.2. The number of pyridine rings is 2. The molecule has 0 radical (unpaired) electrons. The first-order chi connectivity index (χ1) is 16.1. The molecule has 2 saturated heterocycles. The molecule has 0 atom stereocenters. The summed E-state index contributed by atoms with van der Waals surface area (Å²) in [6, 6.07) is 7.53. The molecule has 2 aliphatic rings. The molecule has 4 heterocycles. The molecule has 2 aliphatic heterocycles. The number of anilines is 2. The number of urea groups is 1. The van der Waals surface area contributed by atoms with Gasteiger partial charge in [-0.05, 0) is 56.0 Å². The van der Waals surface area contributed by atoms with Crippen LogP contribution in [0.2, 0.25) is 0 Å². The van der Waals surface area contributed by atoms with Gasteiger partial charge in [0.1, 0.15) is 11.6 Å². The summed E-state index contributed by atoms with van der Waals surface area (Å²) >= 11 is 0. The van der Waals surface area contributed by atoms with Crippen molar-refractivity contribution in [1.82, 2.24) is 20.2 Å². The molecule has 1 N–H and O–H groups in total. The van der Waals surface area contributed by atoms with Gasteiger partial charge < -0.3 is 24.8 Å². The fourth-order valence-corrected chi connectivity index (χ4v) is 4.20. The van der Waals surface area contributed by atoms with Crippen LogP contribution in [0.15, 0.2) is 36.7 Å². The van der Waals surface area contributed by atoms with Crippen LogP contribution in [0.5, 0.6) is 0 Å². The Hall–Kier alpha value is -3.36. The Morgan fingerprint density at radius 1 is 0.939 bits per heavy atom. The van der Waals surface area contributed by atoms with Crippen LogP contribution in [0, 0.1) is 0 Å². The van der Waals surface area contributed by atoms with Crippen molar-refractivity contribution in [2.75, 3.05) is 55.7 Å². The minimum atomic E-state index is -0.365. The average molecular weight is 453 g/mol. The summed E-state index contributed by atoms with van der Waals surface area (Å²) in [5.74, 6) is 1.43. The van der Waals surface area contributed by atoms with Gasteiger partial charge in [0.15, 0.2) is 0 Å². The van der Waals surface area contributed by atoms with Crippen molar-refractivity contribution in [3.8, 4) is 0 Å². The number of hydrogen-bond donors (Lipinski definition) is 1. The molecule has 9 nitrogen and oxygen atoms in total. The Morgan fingerprint density at radius 2 is 1.70 bits per heavy atom. The van der Waals surface area contributed by atoms with Crippen LogP contribution in [0.4, 0.5) is 16.4 Å². The van der Waals surface area contributed by atoms with Crippen molar-refractivity contribution in [3.63, 3.8) is 0 Å². The summed E-state index contributed by atoms with van der Waals surface area (Å²) in [5.41, 5.74) is 1.50. The lowest BCUT2D eigenvalue weighted by molar-refractivity contribution is 0.0526. The predicted octanol–water partition coefficient (Wildman–Crippen LogP) is 2.68. The van der Waals surface area contributed by atoms with Crippen molar-refractivity contribution in [2.45, 2.75) is 32.7 Å². The minimum absolute atomic E-state index is 0.0587. The number of carbonyl (C=O) groups is 2. The quantitative estimate of drug-likeness (QED) is 0.674. The lowest BCUT2D eigenvalue weighted by atomic mass is 10.1. The van der Waals surface area contributed by atoms with E-state index in [9.17, 15) is 9.59 Å². The number of rotatable bonds is 6. The molecule has 0 aromatic carbocycles. The lowest BCUT2D eigenvalue weighted by Crippen LogP contribution is -2.51. The number of carbonyl (C=O) groups excluding carboxylic acids is 2. The number of hydrogen-bond acceptors (Lipinski definition) is 7. The first-order valence-electron chi connectivity index (χ1n) is 11.7. The van der Waals surface area contributed by atoms with Crippen LogP contribution >= 0.6 is 0 Å². The Kier molecular flexibility index (Phi) is 7.59. The number of piperazine rings is 1. The van der Waals surface area contributed by atoms with Crippen molar-refractivity contribution in [3.05, 3.63) is 47.8 Å². The smallest absolute Gasteiger partial charge is 0.339 e.